The molecule has 4 nitrogen and oxygen atoms in total. The monoisotopic (exact) mass is 603 g/mol. The Morgan fingerprint density at radius 2 is 1.02 bits per heavy atom. The Morgan fingerprint density at radius 1 is 0.447 bits per heavy atom. The van der Waals surface area contributed by atoms with Crippen molar-refractivity contribution in [2.75, 3.05) is 4.90 Å². The molecule has 0 unspecified atom stereocenters. The van der Waals surface area contributed by atoms with Crippen LogP contribution >= 0.6 is 0 Å². The second-order valence-electron chi connectivity index (χ2n) is 11.7. The number of benzene rings is 7. The molecule has 222 valence electrons. The minimum absolute atomic E-state index is 0.637. The van der Waals surface area contributed by atoms with Crippen molar-refractivity contribution in [2.45, 2.75) is 0 Å². The molecule has 0 spiro atoms. The molecular formula is C43H29N3O. The van der Waals surface area contributed by atoms with Crippen LogP contribution in [-0.2, 0) is 0 Å². The Morgan fingerprint density at radius 3 is 1.72 bits per heavy atom. The van der Waals surface area contributed by atoms with E-state index in [9.17, 15) is 0 Å². The van der Waals surface area contributed by atoms with Crippen LogP contribution in [0, 0.1) is 0 Å². The van der Waals surface area contributed by atoms with E-state index in [4.69, 9.17) is 4.42 Å². The van der Waals surface area contributed by atoms with Gasteiger partial charge in [-0.25, -0.2) is 4.98 Å². The number of rotatable bonds is 6. The molecule has 0 aliphatic rings. The van der Waals surface area contributed by atoms with Crippen molar-refractivity contribution in [2.24, 2.45) is 0 Å². The lowest BCUT2D eigenvalue weighted by atomic mass is 10.0. The van der Waals surface area contributed by atoms with Crippen LogP contribution in [-0.4, -0.2) is 9.55 Å². The lowest BCUT2D eigenvalue weighted by molar-refractivity contribution is 0.620. The number of nitrogens with zero attached hydrogens (tertiary/aromatic N) is 3. The molecule has 0 atom stereocenters. The van der Waals surface area contributed by atoms with Gasteiger partial charge in [-0.2, -0.15) is 0 Å². The summed E-state index contributed by atoms with van der Waals surface area (Å²) in [6.07, 6.45) is 0. The van der Waals surface area contributed by atoms with Gasteiger partial charge in [0.1, 0.15) is 5.52 Å². The molecule has 0 amide bonds. The Bertz CT molecular complexity index is 2420. The predicted molar refractivity (Wildman–Crippen MR) is 194 cm³/mol. The molecule has 4 heteroatoms. The highest BCUT2D eigenvalue weighted by Crippen LogP contribution is 2.39. The molecule has 47 heavy (non-hydrogen) atoms. The smallest absolute Gasteiger partial charge is 0.227 e. The molecule has 0 N–H and O–H groups in total. The SMILES string of the molecule is c1ccc(N(c2ccccc2)c2ccc3c(c2)c2ccccc2n3-c2ccc(-c3ccc(-c4nc5ccccc5o4)cc3)cc2)cc1. The van der Waals surface area contributed by atoms with Crippen molar-refractivity contribution in [1.29, 1.82) is 0 Å². The van der Waals surface area contributed by atoms with Crippen molar-refractivity contribution < 1.29 is 4.42 Å². The first-order chi connectivity index (χ1) is 23.3. The van der Waals surface area contributed by atoms with Gasteiger partial charge in [0.15, 0.2) is 5.58 Å². The standard InChI is InChI=1S/C43H29N3O/c1-3-11-33(12-4-1)45(34-13-5-2-6-14-34)36-27-28-41-38(29-36)37-15-7-9-17-40(37)46(41)35-25-23-31(24-26-35)30-19-21-32(22-20-30)43-44-39-16-8-10-18-42(39)47-43/h1-29H. The largest absolute Gasteiger partial charge is 0.436 e. The van der Waals surface area contributed by atoms with Crippen LogP contribution in [0.4, 0.5) is 17.1 Å². The molecule has 2 aromatic heterocycles. The summed E-state index contributed by atoms with van der Waals surface area (Å²) in [6.45, 7) is 0. The Labute approximate surface area is 272 Å². The summed E-state index contributed by atoms with van der Waals surface area (Å²) in [4.78, 5) is 6.96. The van der Waals surface area contributed by atoms with Gasteiger partial charge >= 0.3 is 0 Å². The van der Waals surface area contributed by atoms with E-state index in [1.807, 2.05) is 24.3 Å². The van der Waals surface area contributed by atoms with Gasteiger partial charge in [-0.05, 0) is 96.1 Å². The fourth-order valence-corrected chi connectivity index (χ4v) is 6.58. The zero-order valence-corrected chi connectivity index (χ0v) is 25.5. The maximum Gasteiger partial charge on any atom is 0.227 e. The van der Waals surface area contributed by atoms with Gasteiger partial charge in [0, 0.05) is 39.1 Å². The van der Waals surface area contributed by atoms with Gasteiger partial charge in [0.05, 0.1) is 11.0 Å². The summed E-state index contributed by atoms with van der Waals surface area (Å²) in [7, 11) is 0. The van der Waals surface area contributed by atoms with Crippen molar-refractivity contribution in [3.05, 3.63) is 176 Å². The number of fused-ring (bicyclic) bond motifs is 4. The molecule has 0 radical (unpaired) electrons. The van der Waals surface area contributed by atoms with E-state index in [1.54, 1.807) is 0 Å². The third-order valence-corrected chi connectivity index (χ3v) is 8.83. The topological polar surface area (TPSA) is 34.2 Å². The maximum atomic E-state index is 5.98. The second kappa shape index (κ2) is 11.2. The normalized spacial score (nSPS) is 11.4. The third kappa shape index (κ3) is 4.75. The van der Waals surface area contributed by atoms with Crippen LogP contribution in [0.15, 0.2) is 180 Å². The zero-order chi connectivity index (χ0) is 31.2. The van der Waals surface area contributed by atoms with Crippen molar-refractivity contribution >= 4 is 50.0 Å². The fraction of sp³-hybridized carbons (Fsp3) is 0. The predicted octanol–water partition coefficient (Wildman–Crippen LogP) is 11.7. The molecule has 0 saturated carbocycles. The summed E-state index contributed by atoms with van der Waals surface area (Å²) in [5.74, 6) is 0.637. The van der Waals surface area contributed by atoms with Gasteiger partial charge in [-0.1, -0.05) is 91.0 Å². The highest BCUT2D eigenvalue weighted by atomic mass is 16.3. The average molecular weight is 604 g/mol. The summed E-state index contributed by atoms with van der Waals surface area (Å²) in [5, 5.41) is 2.44. The van der Waals surface area contributed by atoms with E-state index in [-0.39, 0.29) is 0 Å². The maximum absolute atomic E-state index is 5.98. The molecule has 0 aliphatic heterocycles. The Hall–Kier alpha value is -6.39. The van der Waals surface area contributed by atoms with Crippen LogP contribution < -0.4 is 4.90 Å². The van der Waals surface area contributed by atoms with Crippen LogP contribution in [0.3, 0.4) is 0 Å². The Kier molecular flexibility index (Phi) is 6.43. The first kappa shape index (κ1) is 27.0. The van der Waals surface area contributed by atoms with E-state index >= 15 is 0 Å². The summed E-state index contributed by atoms with van der Waals surface area (Å²) < 4.78 is 8.34. The van der Waals surface area contributed by atoms with E-state index < -0.39 is 0 Å². The fourth-order valence-electron chi connectivity index (χ4n) is 6.58. The molecule has 0 fully saturated rings. The summed E-state index contributed by atoms with van der Waals surface area (Å²) >= 11 is 0. The quantitative estimate of drug-likeness (QED) is 0.190. The highest BCUT2D eigenvalue weighted by molar-refractivity contribution is 6.10. The van der Waals surface area contributed by atoms with Gasteiger partial charge in [0.2, 0.25) is 5.89 Å². The van der Waals surface area contributed by atoms with E-state index in [1.165, 1.54) is 21.8 Å². The van der Waals surface area contributed by atoms with E-state index in [2.05, 4.69) is 166 Å². The number of anilines is 3. The second-order valence-corrected chi connectivity index (χ2v) is 11.7. The van der Waals surface area contributed by atoms with E-state index in [0.717, 1.165) is 50.5 Å². The van der Waals surface area contributed by atoms with Crippen molar-refractivity contribution in [3.8, 4) is 28.3 Å². The molecule has 0 bridgehead atoms. The van der Waals surface area contributed by atoms with Gasteiger partial charge in [0.25, 0.3) is 0 Å². The molecule has 0 aliphatic carbocycles. The average Bonchev–Trinajstić information content (AvgIpc) is 3.72. The van der Waals surface area contributed by atoms with Gasteiger partial charge in [-0.15, -0.1) is 0 Å². The van der Waals surface area contributed by atoms with Crippen LogP contribution in [0.5, 0.6) is 0 Å². The minimum atomic E-state index is 0.637. The minimum Gasteiger partial charge on any atom is -0.436 e. The molecule has 9 aromatic rings. The van der Waals surface area contributed by atoms with Crippen molar-refractivity contribution in [1.82, 2.24) is 9.55 Å². The molecule has 0 saturated heterocycles. The van der Waals surface area contributed by atoms with Gasteiger partial charge < -0.3 is 13.9 Å². The van der Waals surface area contributed by atoms with Crippen LogP contribution in [0.1, 0.15) is 0 Å². The van der Waals surface area contributed by atoms with Gasteiger partial charge in [-0.3, -0.25) is 0 Å². The third-order valence-electron chi connectivity index (χ3n) is 8.83. The number of hydrogen-bond acceptors (Lipinski definition) is 3. The molecular weight excluding hydrogens is 574 g/mol. The summed E-state index contributed by atoms with van der Waals surface area (Å²) in [6, 6.07) is 61.7. The number of oxazole rings is 1. The first-order valence-corrected chi connectivity index (χ1v) is 15.8. The molecule has 7 aromatic carbocycles. The number of aromatic nitrogens is 2. The van der Waals surface area contributed by atoms with E-state index in [0.29, 0.717) is 5.89 Å². The first-order valence-electron chi connectivity index (χ1n) is 15.8. The number of hydrogen-bond donors (Lipinski definition) is 0. The molecule has 2 heterocycles. The highest BCUT2D eigenvalue weighted by Gasteiger charge is 2.17. The van der Waals surface area contributed by atoms with Crippen molar-refractivity contribution in [3.63, 3.8) is 0 Å². The van der Waals surface area contributed by atoms with Crippen LogP contribution in [0.2, 0.25) is 0 Å². The van der Waals surface area contributed by atoms with Crippen LogP contribution in [0.25, 0.3) is 61.2 Å². The Balaban J connectivity index is 1.09. The zero-order valence-electron chi connectivity index (χ0n) is 25.5. The molecule has 9 rings (SSSR count). The number of para-hydroxylation sites is 5. The summed E-state index contributed by atoms with van der Waals surface area (Å²) in [5.41, 5.74) is 11.8. The lowest BCUT2D eigenvalue weighted by Gasteiger charge is -2.25. The lowest BCUT2D eigenvalue weighted by Crippen LogP contribution is -2.09.